The van der Waals surface area contributed by atoms with Gasteiger partial charge >= 0.3 is 0 Å². The fourth-order valence-electron chi connectivity index (χ4n) is 4.43. The molecule has 0 radical (unpaired) electrons. The minimum atomic E-state index is -0.399. The summed E-state index contributed by atoms with van der Waals surface area (Å²) in [5.41, 5.74) is 2.90. The summed E-state index contributed by atoms with van der Waals surface area (Å²) in [5.74, 6) is 2.28. The van der Waals surface area contributed by atoms with E-state index in [9.17, 15) is 0 Å². The molecule has 0 aliphatic carbocycles. The number of ether oxygens (including phenoxy) is 1. The quantitative estimate of drug-likeness (QED) is 0.517. The van der Waals surface area contributed by atoms with Crippen molar-refractivity contribution in [1.29, 1.82) is 0 Å². The highest BCUT2D eigenvalue weighted by Gasteiger charge is 2.48. The Labute approximate surface area is 172 Å². The highest BCUT2D eigenvalue weighted by molar-refractivity contribution is 5.78. The van der Waals surface area contributed by atoms with Crippen LogP contribution in [0.15, 0.2) is 53.6 Å². The van der Waals surface area contributed by atoms with E-state index in [0.29, 0.717) is 19.0 Å². The molecular formula is C21H19N7O2. The van der Waals surface area contributed by atoms with Gasteiger partial charge in [-0.1, -0.05) is 42.4 Å². The standard InChI is InChI=1S/C21H19N7O2/c1-2-21-12-29-9-8-28(21)19-16(27-13-23-25-20(21)27)10-22-18(24-19)15-11-30-26-17(15)14-6-4-3-5-7-14/h3-7,10-11,13H,2,8-9,12H2,1H3/t21-/m1/s1. The first-order valence-corrected chi connectivity index (χ1v) is 9.95. The van der Waals surface area contributed by atoms with E-state index in [0.717, 1.165) is 47.1 Å². The van der Waals surface area contributed by atoms with E-state index in [-0.39, 0.29) is 0 Å². The Bertz CT molecular complexity index is 1220. The van der Waals surface area contributed by atoms with E-state index >= 15 is 0 Å². The molecule has 30 heavy (non-hydrogen) atoms. The minimum Gasteiger partial charge on any atom is -0.377 e. The first-order chi connectivity index (χ1) is 14.8. The van der Waals surface area contributed by atoms with Crippen molar-refractivity contribution in [3.63, 3.8) is 0 Å². The lowest BCUT2D eigenvalue weighted by molar-refractivity contribution is 0.0391. The third kappa shape index (κ3) is 2.29. The van der Waals surface area contributed by atoms with Crippen molar-refractivity contribution < 1.29 is 9.26 Å². The number of aromatic nitrogens is 6. The van der Waals surface area contributed by atoms with Gasteiger partial charge in [-0.25, -0.2) is 9.97 Å². The lowest BCUT2D eigenvalue weighted by atomic mass is 9.90. The fourth-order valence-corrected chi connectivity index (χ4v) is 4.43. The Hall–Kier alpha value is -3.59. The molecule has 2 aliphatic rings. The molecule has 0 amide bonds. The van der Waals surface area contributed by atoms with Gasteiger partial charge in [-0.05, 0) is 6.42 Å². The molecule has 1 atom stereocenters. The van der Waals surface area contributed by atoms with Crippen LogP contribution in [0.25, 0.3) is 28.3 Å². The van der Waals surface area contributed by atoms with Gasteiger partial charge in [0.1, 0.15) is 29.5 Å². The SMILES string of the molecule is CC[C@]12COCCN1c1nc(-c3conc3-c3ccccc3)ncc1-n1cnnc12. The first-order valence-electron chi connectivity index (χ1n) is 9.95. The topological polar surface area (TPSA) is 95.0 Å². The molecule has 1 fully saturated rings. The zero-order chi connectivity index (χ0) is 20.1. The lowest BCUT2D eigenvalue weighted by Crippen LogP contribution is -2.58. The number of morpholine rings is 1. The van der Waals surface area contributed by atoms with Crippen LogP contribution in [0.1, 0.15) is 19.2 Å². The highest BCUT2D eigenvalue weighted by Crippen LogP contribution is 2.44. The van der Waals surface area contributed by atoms with Crippen molar-refractivity contribution in [2.75, 3.05) is 24.7 Å². The van der Waals surface area contributed by atoms with Crippen molar-refractivity contribution in [1.82, 2.24) is 29.9 Å². The number of hydrogen-bond acceptors (Lipinski definition) is 8. The van der Waals surface area contributed by atoms with Crippen LogP contribution in [-0.2, 0) is 10.3 Å². The number of anilines is 1. The molecule has 0 bridgehead atoms. The van der Waals surface area contributed by atoms with Crippen LogP contribution in [-0.4, -0.2) is 49.6 Å². The monoisotopic (exact) mass is 401 g/mol. The van der Waals surface area contributed by atoms with Crippen LogP contribution in [0.5, 0.6) is 0 Å². The second-order valence-electron chi connectivity index (χ2n) is 7.46. The number of rotatable bonds is 3. The van der Waals surface area contributed by atoms with Crippen molar-refractivity contribution in [2.24, 2.45) is 0 Å². The summed E-state index contributed by atoms with van der Waals surface area (Å²) in [6, 6.07) is 9.90. The maximum Gasteiger partial charge on any atom is 0.167 e. The Morgan fingerprint density at radius 1 is 1.20 bits per heavy atom. The summed E-state index contributed by atoms with van der Waals surface area (Å²) in [6.45, 7) is 4.04. The molecule has 0 unspecified atom stereocenters. The van der Waals surface area contributed by atoms with Crippen molar-refractivity contribution in [3.05, 3.63) is 54.9 Å². The summed E-state index contributed by atoms with van der Waals surface area (Å²) >= 11 is 0. The van der Waals surface area contributed by atoms with Crippen LogP contribution < -0.4 is 4.90 Å². The Balaban J connectivity index is 1.53. The van der Waals surface area contributed by atoms with E-state index in [1.165, 1.54) is 0 Å². The number of benzene rings is 1. The van der Waals surface area contributed by atoms with Crippen molar-refractivity contribution in [3.8, 4) is 28.3 Å². The molecule has 0 saturated carbocycles. The van der Waals surface area contributed by atoms with E-state index in [1.807, 2.05) is 41.1 Å². The molecule has 150 valence electrons. The maximum atomic E-state index is 5.86. The van der Waals surface area contributed by atoms with Gasteiger partial charge in [0.05, 0.1) is 25.0 Å². The highest BCUT2D eigenvalue weighted by atomic mass is 16.5. The Morgan fingerprint density at radius 3 is 2.97 bits per heavy atom. The number of fused-ring (bicyclic) bond motifs is 6. The normalized spacial score (nSPS) is 19.8. The molecule has 3 aromatic heterocycles. The molecule has 4 aromatic rings. The zero-order valence-corrected chi connectivity index (χ0v) is 16.4. The Kier molecular flexibility index (Phi) is 3.72. The fraction of sp³-hybridized carbons (Fsp3) is 0.286. The van der Waals surface area contributed by atoms with Crippen LogP contribution in [0.3, 0.4) is 0 Å². The molecule has 0 N–H and O–H groups in total. The smallest absolute Gasteiger partial charge is 0.167 e. The van der Waals surface area contributed by atoms with Crippen molar-refractivity contribution in [2.45, 2.75) is 18.9 Å². The lowest BCUT2D eigenvalue weighted by Gasteiger charge is -2.49. The van der Waals surface area contributed by atoms with Gasteiger partial charge < -0.3 is 14.2 Å². The predicted octanol–water partition coefficient (Wildman–Crippen LogP) is 2.83. The van der Waals surface area contributed by atoms with Gasteiger partial charge in [0.2, 0.25) is 0 Å². The van der Waals surface area contributed by atoms with E-state index in [1.54, 1.807) is 12.6 Å². The number of hydrogen-bond donors (Lipinski definition) is 0. The van der Waals surface area contributed by atoms with Gasteiger partial charge in [0.15, 0.2) is 17.5 Å². The molecule has 1 saturated heterocycles. The summed E-state index contributed by atoms with van der Waals surface area (Å²) < 4.78 is 13.1. The summed E-state index contributed by atoms with van der Waals surface area (Å²) in [6.07, 6.45) is 5.97. The molecule has 5 heterocycles. The molecule has 6 rings (SSSR count). The third-order valence-electron chi connectivity index (χ3n) is 5.99. The average Bonchev–Trinajstić information content (AvgIpc) is 3.50. The molecule has 9 heteroatoms. The third-order valence-corrected chi connectivity index (χ3v) is 5.99. The summed E-state index contributed by atoms with van der Waals surface area (Å²) in [4.78, 5) is 11.9. The van der Waals surface area contributed by atoms with E-state index in [4.69, 9.17) is 14.2 Å². The van der Waals surface area contributed by atoms with Gasteiger partial charge in [-0.3, -0.25) is 4.57 Å². The summed E-state index contributed by atoms with van der Waals surface area (Å²) in [5, 5.41) is 12.8. The molecular weight excluding hydrogens is 382 g/mol. The van der Waals surface area contributed by atoms with Gasteiger partial charge in [0, 0.05) is 12.1 Å². The van der Waals surface area contributed by atoms with Crippen LogP contribution in [0.2, 0.25) is 0 Å². The average molecular weight is 401 g/mol. The molecule has 1 aromatic carbocycles. The Morgan fingerprint density at radius 2 is 2.10 bits per heavy atom. The molecule has 2 aliphatic heterocycles. The van der Waals surface area contributed by atoms with E-state index in [2.05, 4.69) is 32.2 Å². The van der Waals surface area contributed by atoms with Gasteiger partial charge in [-0.15, -0.1) is 10.2 Å². The second kappa shape index (κ2) is 6.46. The maximum absolute atomic E-state index is 5.86. The predicted molar refractivity (Wildman–Crippen MR) is 108 cm³/mol. The summed E-state index contributed by atoms with van der Waals surface area (Å²) in [7, 11) is 0. The van der Waals surface area contributed by atoms with Gasteiger partial charge in [0.25, 0.3) is 0 Å². The first kappa shape index (κ1) is 17.3. The van der Waals surface area contributed by atoms with Crippen LogP contribution in [0, 0.1) is 0 Å². The van der Waals surface area contributed by atoms with Crippen LogP contribution >= 0.6 is 0 Å². The zero-order valence-electron chi connectivity index (χ0n) is 16.4. The minimum absolute atomic E-state index is 0.399. The van der Waals surface area contributed by atoms with Crippen LogP contribution in [0.4, 0.5) is 5.82 Å². The second-order valence-corrected chi connectivity index (χ2v) is 7.46. The molecule has 9 nitrogen and oxygen atoms in total. The molecule has 0 spiro atoms. The largest absolute Gasteiger partial charge is 0.377 e. The number of nitrogens with zero attached hydrogens (tertiary/aromatic N) is 7. The van der Waals surface area contributed by atoms with E-state index < -0.39 is 5.54 Å². The van der Waals surface area contributed by atoms with Gasteiger partial charge in [-0.2, -0.15) is 0 Å². The van der Waals surface area contributed by atoms with Crippen molar-refractivity contribution >= 4 is 5.82 Å².